The first kappa shape index (κ1) is 49.6. The van der Waals surface area contributed by atoms with Crippen molar-refractivity contribution in [1.29, 1.82) is 0 Å². The maximum absolute atomic E-state index is 10.1. The van der Waals surface area contributed by atoms with E-state index in [1.807, 2.05) is 43.6 Å². The molecule has 2 aliphatic rings. The van der Waals surface area contributed by atoms with Crippen LogP contribution in [0.1, 0.15) is 95.8 Å². The molecule has 0 aliphatic carbocycles. The van der Waals surface area contributed by atoms with E-state index in [0.717, 1.165) is 69.0 Å². The number of nitrogens with zero attached hydrogens (tertiary/aromatic N) is 6. The van der Waals surface area contributed by atoms with Crippen LogP contribution in [0.25, 0.3) is 0 Å². The summed E-state index contributed by atoms with van der Waals surface area (Å²) in [7, 11) is -4.67. The molecule has 18 heteroatoms. The Balaban J connectivity index is 0.000000278. The Morgan fingerprint density at radius 1 is 0.772 bits per heavy atom. The van der Waals surface area contributed by atoms with E-state index < -0.39 is 16.5 Å². The van der Waals surface area contributed by atoms with Crippen LogP contribution < -0.4 is 17.2 Å². The second-order valence-corrected chi connectivity index (χ2v) is 15.3. The van der Waals surface area contributed by atoms with Crippen molar-refractivity contribution in [3.63, 3.8) is 0 Å². The summed E-state index contributed by atoms with van der Waals surface area (Å²) in [6.45, 7) is 20.0. The molecule has 0 spiro atoms. The van der Waals surface area contributed by atoms with Gasteiger partial charge in [0.25, 0.3) is 0 Å². The molecule has 0 saturated carbocycles. The van der Waals surface area contributed by atoms with Crippen LogP contribution in [0.4, 0.5) is 17.5 Å². The van der Waals surface area contributed by atoms with Gasteiger partial charge in [-0.05, 0) is 77.9 Å². The highest BCUT2D eigenvalue weighted by molar-refractivity contribution is 7.79. The van der Waals surface area contributed by atoms with Gasteiger partial charge in [0.05, 0.1) is 38.1 Å². The third-order valence-electron chi connectivity index (χ3n) is 9.51. The zero-order valence-electron chi connectivity index (χ0n) is 34.4. The average Bonchev–Trinajstić information content (AvgIpc) is 3.17. The van der Waals surface area contributed by atoms with Gasteiger partial charge in [0.1, 0.15) is 17.5 Å². The van der Waals surface area contributed by atoms with E-state index in [4.69, 9.17) is 44.2 Å². The first-order chi connectivity index (χ1) is 27.0. The lowest BCUT2D eigenvalue weighted by molar-refractivity contribution is -0.0599. The highest BCUT2D eigenvalue weighted by Crippen LogP contribution is 2.26. The molecule has 10 N–H and O–H groups in total. The molecule has 5 rings (SSSR count). The van der Waals surface area contributed by atoms with Crippen LogP contribution in [-0.2, 0) is 19.9 Å². The van der Waals surface area contributed by atoms with Gasteiger partial charge in [0.15, 0.2) is 0 Å². The summed E-state index contributed by atoms with van der Waals surface area (Å²) in [5.74, 6) is 1.56. The lowest BCUT2D eigenvalue weighted by Crippen LogP contribution is -2.45. The van der Waals surface area contributed by atoms with Gasteiger partial charge in [0, 0.05) is 73.0 Å². The van der Waals surface area contributed by atoms with Gasteiger partial charge in [-0.3, -0.25) is 23.8 Å². The molecule has 322 valence electrons. The maximum atomic E-state index is 10.1. The van der Waals surface area contributed by atoms with Crippen LogP contribution in [0.5, 0.6) is 0 Å². The fraction of sp³-hybridized carbons (Fsp3) is 0.615. The average molecular weight is 822 g/mol. The molecule has 3 aromatic heterocycles. The van der Waals surface area contributed by atoms with Crippen molar-refractivity contribution >= 4 is 27.9 Å². The molecule has 2 aliphatic heterocycles. The van der Waals surface area contributed by atoms with Crippen molar-refractivity contribution in [2.45, 2.75) is 97.2 Å². The van der Waals surface area contributed by atoms with Gasteiger partial charge in [0.2, 0.25) is 0 Å². The number of morpholine rings is 2. The summed E-state index contributed by atoms with van der Waals surface area (Å²) in [5, 5.41) is 19.3. The number of hydrogen-bond acceptors (Lipinski definition) is 15. The lowest BCUT2D eigenvalue weighted by Gasteiger charge is -2.38. The number of aliphatic hydroxyl groups excluding tert-OH is 2. The number of nitrogens with two attached hydrogens (primary N) is 3. The van der Waals surface area contributed by atoms with Gasteiger partial charge < -0.3 is 36.9 Å². The number of aromatic nitrogens is 3. The topological polar surface area (TPSA) is 260 Å². The standard InChI is InChI=1S/C13H23N3O2.2C13H21N3O.H2O4S/c1-3-6-16(10(2)9-17)8-12(18)11-4-5-13(14)15-7-11;2*1-3-6-16-8-12(17-9-10(16)2)11-4-5-13(14)15-7-11;1-5(2,3)4/h4-5,7,10,12,17-18H,3,6,8-9H2,1-2H3,(H2,14,15);2*4-5,7,10,12H,3,6,8-9H2,1-2H3,(H2,14,15);(H2,1,2,3,4)/t10-,12?;10-,12+;10-,12-;/m000./s1. The van der Waals surface area contributed by atoms with E-state index >= 15 is 0 Å². The molecular weight excluding hydrogens is 755 g/mol. The number of aliphatic hydroxyl groups is 2. The normalized spacial score (nSPS) is 21.2. The van der Waals surface area contributed by atoms with Crippen LogP contribution in [-0.4, -0.2) is 135 Å². The van der Waals surface area contributed by atoms with Gasteiger partial charge in [-0.1, -0.05) is 39.0 Å². The van der Waals surface area contributed by atoms with Gasteiger partial charge in [-0.25, -0.2) is 15.0 Å². The number of anilines is 3. The molecule has 1 unspecified atom stereocenters. The van der Waals surface area contributed by atoms with E-state index in [0.29, 0.717) is 36.1 Å². The number of ether oxygens (including phenoxy) is 2. The summed E-state index contributed by atoms with van der Waals surface area (Å²) < 4.78 is 43.3. The van der Waals surface area contributed by atoms with Gasteiger partial charge in [-0.15, -0.1) is 0 Å². The zero-order chi connectivity index (χ0) is 42.5. The molecular formula is C39H67N9O8S. The first-order valence-corrected chi connectivity index (χ1v) is 21.0. The predicted octanol–water partition coefficient (Wildman–Crippen LogP) is 3.81. The molecule has 57 heavy (non-hydrogen) atoms. The van der Waals surface area contributed by atoms with Gasteiger partial charge in [-0.2, -0.15) is 8.42 Å². The Morgan fingerprint density at radius 3 is 1.53 bits per heavy atom. The molecule has 3 aromatic rings. The second kappa shape index (κ2) is 25.7. The number of hydrogen-bond donors (Lipinski definition) is 7. The number of rotatable bonds is 13. The third-order valence-corrected chi connectivity index (χ3v) is 9.51. The summed E-state index contributed by atoms with van der Waals surface area (Å²) >= 11 is 0. The van der Waals surface area contributed by atoms with E-state index in [-0.39, 0.29) is 24.9 Å². The Bertz CT molecular complexity index is 1550. The molecule has 0 aromatic carbocycles. The van der Waals surface area contributed by atoms with E-state index in [2.05, 4.69) is 64.3 Å². The SMILES string of the molecule is CCCN(CC(O)c1ccc(N)nc1)[C@@H](C)CO.CCCN1C[C@@H](c2ccc(N)nc2)OC[C@@H]1C.CCCN1C[C@H](c2ccc(N)nc2)OC[C@@H]1C.O=S(=O)(O)O. The third kappa shape index (κ3) is 19.2. The molecule has 0 amide bonds. The second-order valence-electron chi connectivity index (χ2n) is 14.4. The number of nitrogen functional groups attached to an aromatic ring is 3. The minimum absolute atomic E-state index is 0.0429. The quantitative estimate of drug-likeness (QED) is 0.121. The number of pyridine rings is 3. The van der Waals surface area contributed by atoms with Crippen LogP contribution in [0.2, 0.25) is 0 Å². The molecule has 0 radical (unpaired) electrons. The fourth-order valence-electron chi connectivity index (χ4n) is 6.26. The van der Waals surface area contributed by atoms with Crippen LogP contribution >= 0.6 is 0 Å². The van der Waals surface area contributed by atoms with Crippen molar-refractivity contribution in [3.8, 4) is 0 Å². The summed E-state index contributed by atoms with van der Waals surface area (Å²) in [4.78, 5) is 19.2. The van der Waals surface area contributed by atoms with Crippen molar-refractivity contribution < 1.29 is 37.2 Å². The smallest absolute Gasteiger partial charge is 0.394 e. The molecule has 2 saturated heterocycles. The van der Waals surface area contributed by atoms with E-state index in [1.54, 1.807) is 18.3 Å². The Hall–Kier alpha value is -3.56. The van der Waals surface area contributed by atoms with Gasteiger partial charge >= 0.3 is 10.4 Å². The minimum Gasteiger partial charge on any atom is -0.395 e. The van der Waals surface area contributed by atoms with E-state index in [9.17, 15) is 10.2 Å². The summed E-state index contributed by atoms with van der Waals surface area (Å²) in [5.41, 5.74) is 19.7. The highest BCUT2D eigenvalue weighted by atomic mass is 32.3. The van der Waals surface area contributed by atoms with Crippen LogP contribution in [0.3, 0.4) is 0 Å². The summed E-state index contributed by atoms with van der Waals surface area (Å²) in [6.07, 6.45) is 8.22. The monoisotopic (exact) mass is 821 g/mol. The lowest BCUT2D eigenvalue weighted by atomic mass is 10.1. The molecule has 17 nitrogen and oxygen atoms in total. The Morgan fingerprint density at radius 2 is 1.19 bits per heavy atom. The van der Waals surface area contributed by atoms with Crippen molar-refractivity contribution in [1.82, 2.24) is 29.7 Å². The van der Waals surface area contributed by atoms with E-state index in [1.165, 1.54) is 12.8 Å². The highest BCUT2D eigenvalue weighted by Gasteiger charge is 2.27. The van der Waals surface area contributed by atoms with Crippen LogP contribution in [0.15, 0.2) is 55.0 Å². The van der Waals surface area contributed by atoms with Crippen molar-refractivity contribution in [2.75, 3.05) is 76.3 Å². The predicted molar refractivity (Wildman–Crippen MR) is 224 cm³/mol. The molecule has 0 bridgehead atoms. The maximum Gasteiger partial charge on any atom is 0.394 e. The largest absolute Gasteiger partial charge is 0.395 e. The Labute approximate surface area is 339 Å². The Kier molecular flexibility index (Phi) is 22.4. The first-order valence-electron chi connectivity index (χ1n) is 19.6. The molecule has 5 heterocycles. The fourth-order valence-corrected chi connectivity index (χ4v) is 6.26. The summed E-state index contributed by atoms with van der Waals surface area (Å²) in [6, 6.07) is 12.2. The molecule has 6 atom stereocenters. The molecule has 2 fully saturated rings. The zero-order valence-corrected chi connectivity index (χ0v) is 35.2. The van der Waals surface area contributed by atoms with Crippen LogP contribution in [0, 0.1) is 0 Å². The van der Waals surface area contributed by atoms with Crippen molar-refractivity contribution in [2.24, 2.45) is 0 Å². The van der Waals surface area contributed by atoms with Crippen molar-refractivity contribution in [3.05, 3.63) is 71.7 Å². The minimum atomic E-state index is -4.67.